The Balaban J connectivity index is 1.54. The van der Waals surface area contributed by atoms with Gasteiger partial charge in [0.1, 0.15) is 6.23 Å². The molecule has 2 nitrogen and oxygen atoms in total. The van der Waals surface area contributed by atoms with Crippen LogP contribution in [0.5, 0.6) is 0 Å². The summed E-state index contributed by atoms with van der Waals surface area (Å²) in [4.78, 5) is 0. The third-order valence-electron chi connectivity index (χ3n) is 4.93. The second kappa shape index (κ2) is 4.67. The summed E-state index contributed by atoms with van der Waals surface area (Å²) in [5.41, 5.74) is 4.06. The van der Waals surface area contributed by atoms with Gasteiger partial charge in [0.25, 0.3) is 0 Å². The van der Waals surface area contributed by atoms with E-state index in [0.29, 0.717) is 6.04 Å². The van der Waals surface area contributed by atoms with Crippen LogP contribution in [0, 0.1) is 0 Å². The van der Waals surface area contributed by atoms with Crippen molar-refractivity contribution < 1.29 is 4.74 Å². The van der Waals surface area contributed by atoms with E-state index in [1.807, 2.05) is 0 Å². The molecule has 5 rings (SSSR count). The first-order valence-electron chi connectivity index (χ1n) is 7.87. The van der Waals surface area contributed by atoms with E-state index >= 15 is 0 Å². The lowest BCUT2D eigenvalue weighted by Gasteiger charge is -2.16. The Morgan fingerprint density at radius 2 is 1.59 bits per heavy atom. The molecular formula is C20H17NO. The maximum Gasteiger partial charge on any atom is 0.135 e. The lowest BCUT2D eigenvalue weighted by atomic mass is 10.0. The van der Waals surface area contributed by atoms with E-state index in [1.165, 1.54) is 27.5 Å². The van der Waals surface area contributed by atoms with Crippen LogP contribution in [0.4, 0.5) is 0 Å². The Morgan fingerprint density at radius 1 is 0.818 bits per heavy atom. The summed E-state index contributed by atoms with van der Waals surface area (Å²) in [7, 11) is 0. The number of benzene rings is 3. The molecule has 1 unspecified atom stereocenters. The normalized spacial score (nSPS) is 26.1. The number of ether oxygens (including phenoxy) is 1. The molecule has 0 amide bonds. The Kier molecular flexibility index (Phi) is 2.63. The van der Waals surface area contributed by atoms with Crippen LogP contribution in [-0.4, -0.2) is 6.10 Å². The van der Waals surface area contributed by atoms with Crippen LogP contribution in [-0.2, 0) is 11.2 Å². The number of fused-ring (bicyclic) bond motifs is 4. The molecule has 108 valence electrons. The molecule has 1 heterocycles. The summed E-state index contributed by atoms with van der Waals surface area (Å²) in [5, 5.41) is 6.24. The van der Waals surface area contributed by atoms with Gasteiger partial charge in [-0.1, -0.05) is 66.7 Å². The fourth-order valence-corrected chi connectivity index (χ4v) is 3.90. The minimum atomic E-state index is -0.0190. The number of hydrogen-bond donors (Lipinski definition) is 1. The van der Waals surface area contributed by atoms with Crippen molar-refractivity contribution in [1.82, 2.24) is 5.32 Å². The average molecular weight is 287 g/mol. The topological polar surface area (TPSA) is 21.3 Å². The molecule has 2 aliphatic rings. The summed E-state index contributed by atoms with van der Waals surface area (Å²) in [5.74, 6) is 0. The minimum Gasteiger partial charge on any atom is -0.353 e. The summed E-state index contributed by atoms with van der Waals surface area (Å²) in [6, 6.07) is 23.9. The summed E-state index contributed by atoms with van der Waals surface area (Å²) in [6.45, 7) is 0. The molecule has 0 radical (unpaired) electrons. The van der Waals surface area contributed by atoms with Gasteiger partial charge in [0.05, 0.1) is 12.1 Å². The molecular weight excluding hydrogens is 270 g/mol. The molecule has 2 heteroatoms. The molecule has 1 fully saturated rings. The van der Waals surface area contributed by atoms with Crippen molar-refractivity contribution in [2.75, 3.05) is 0 Å². The van der Waals surface area contributed by atoms with Crippen molar-refractivity contribution in [1.29, 1.82) is 0 Å². The van der Waals surface area contributed by atoms with Gasteiger partial charge in [0.2, 0.25) is 0 Å². The Bertz CT molecular complexity index is 852. The highest BCUT2D eigenvalue weighted by atomic mass is 16.5. The summed E-state index contributed by atoms with van der Waals surface area (Å²) in [6.07, 6.45) is 1.24. The van der Waals surface area contributed by atoms with Gasteiger partial charge >= 0.3 is 0 Å². The zero-order valence-electron chi connectivity index (χ0n) is 12.2. The fraction of sp³-hybridized carbons (Fsp3) is 0.200. The number of nitrogens with one attached hydrogen (secondary N) is 1. The van der Waals surface area contributed by atoms with Crippen molar-refractivity contribution in [3.63, 3.8) is 0 Å². The van der Waals surface area contributed by atoms with E-state index in [-0.39, 0.29) is 12.3 Å². The van der Waals surface area contributed by atoms with Gasteiger partial charge < -0.3 is 4.74 Å². The zero-order chi connectivity index (χ0) is 14.5. The molecule has 0 aromatic heterocycles. The van der Waals surface area contributed by atoms with E-state index in [9.17, 15) is 0 Å². The maximum absolute atomic E-state index is 6.35. The van der Waals surface area contributed by atoms with Crippen LogP contribution >= 0.6 is 0 Å². The van der Waals surface area contributed by atoms with Gasteiger partial charge in [-0.2, -0.15) is 0 Å². The lowest BCUT2D eigenvalue weighted by molar-refractivity contribution is 0.0408. The lowest BCUT2D eigenvalue weighted by Crippen LogP contribution is -2.19. The third-order valence-corrected chi connectivity index (χ3v) is 4.93. The summed E-state index contributed by atoms with van der Waals surface area (Å²) < 4.78 is 6.35. The van der Waals surface area contributed by atoms with Crippen LogP contribution < -0.4 is 5.32 Å². The van der Waals surface area contributed by atoms with Crippen LogP contribution in [0.2, 0.25) is 0 Å². The quantitative estimate of drug-likeness (QED) is 0.727. The molecule has 3 aromatic carbocycles. The zero-order valence-corrected chi connectivity index (χ0v) is 12.2. The Morgan fingerprint density at radius 3 is 2.59 bits per heavy atom. The predicted octanol–water partition coefficient (Wildman–Crippen LogP) is 4.12. The fourth-order valence-electron chi connectivity index (χ4n) is 3.90. The maximum atomic E-state index is 6.35. The molecule has 1 saturated heterocycles. The number of hydrogen-bond acceptors (Lipinski definition) is 2. The van der Waals surface area contributed by atoms with Gasteiger partial charge in [-0.15, -0.1) is 0 Å². The van der Waals surface area contributed by atoms with E-state index in [1.54, 1.807) is 0 Å². The number of rotatable bonds is 1. The first-order chi connectivity index (χ1) is 10.9. The van der Waals surface area contributed by atoms with Crippen molar-refractivity contribution in [3.05, 3.63) is 83.4 Å². The molecule has 0 spiro atoms. The van der Waals surface area contributed by atoms with Crippen LogP contribution in [0.1, 0.15) is 29.0 Å². The van der Waals surface area contributed by atoms with Crippen LogP contribution in [0.3, 0.4) is 0 Å². The smallest absolute Gasteiger partial charge is 0.135 e. The van der Waals surface area contributed by atoms with Gasteiger partial charge in [-0.25, -0.2) is 0 Å². The van der Waals surface area contributed by atoms with Crippen molar-refractivity contribution in [3.8, 4) is 0 Å². The van der Waals surface area contributed by atoms with Gasteiger partial charge in [-0.05, 0) is 21.9 Å². The highest BCUT2D eigenvalue weighted by molar-refractivity contribution is 5.86. The Labute approximate surface area is 129 Å². The molecule has 1 aliphatic heterocycles. The SMILES string of the molecule is c1ccc2c(c1)C[C@@H]1OC(c3cccc4ccccc34)N[C@H]21. The van der Waals surface area contributed by atoms with Crippen molar-refractivity contribution >= 4 is 10.8 Å². The minimum absolute atomic E-state index is 0.0190. The molecule has 1 N–H and O–H groups in total. The van der Waals surface area contributed by atoms with Crippen molar-refractivity contribution in [2.24, 2.45) is 0 Å². The van der Waals surface area contributed by atoms with E-state index in [2.05, 4.69) is 72.0 Å². The molecule has 3 atom stereocenters. The van der Waals surface area contributed by atoms with Crippen LogP contribution in [0.15, 0.2) is 66.7 Å². The first kappa shape index (κ1) is 12.4. The monoisotopic (exact) mass is 287 g/mol. The summed E-state index contributed by atoms with van der Waals surface area (Å²) >= 11 is 0. The first-order valence-corrected chi connectivity index (χ1v) is 7.87. The third kappa shape index (κ3) is 1.75. The van der Waals surface area contributed by atoms with E-state index in [4.69, 9.17) is 4.74 Å². The second-order valence-corrected chi connectivity index (χ2v) is 6.17. The van der Waals surface area contributed by atoms with E-state index in [0.717, 1.165) is 6.42 Å². The average Bonchev–Trinajstić information content (AvgIpc) is 3.12. The van der Waals surface area contributed by atoms with E-state index < -0.39 is 0 Å². The highest BCUT2D eigenvalue weighted by Crippen LogP contribution is 2.42. The second-order valence-electron chi connectivity index (χ2n) is 6.17. The van der Waals surface area contributed by atoms with Crippen molar-refractivity contribution in [2.45, 2.75) is 24.8 Å². The van der Waals surface area contributed by atoms with Gasteiger partial charge in [-0.3, -0.25) is 5.32 Å². The molecule has 3 aromatic rings. The standard InChI is InChI=1S/C20H17NO/c1-3-9-15-13(6-1)8-5-11-17(15)20-21-19-16-10-4-2-7-14(16)12-18(19)22-20/h1-11,18-21H,12H2/t18-,19+,20?/m0/s1. The Hall–Kier alpha value is -2.16. The highest BCUT2D eigenvalue weighted by Gasteiger charge is 2.41. The molecule has 0 saturated carbocycles. The largest absolute Gasteiger partial charge is 0.353 e. The predicted molar refractivity (Wildman–Crippen MR) is 87.6 cm³/mol. The molecule has 1 aliphatic carbocycles. The van der Waals surface area contributed by atoms with Gasteiger partial charge in [0.15, 0.2) is 0 Å². The molecule has 22 heavy (non-hydrogen) atoms. The van der Waals surface area contributed by atoms with Crippen LogP contribution in [0.25, 0.3) is 10.8 Å². The van der Waals surface area contributed by atoms with Gasteiger partial charge in [0, 0.05) is 12.0 Å². The molecule has 0 bridgehead atoms.